The van der Waals surface area contributed by atoms with Gasteiger partial charge in [0.15, 0.2) is 0 Å². The Bertz CT molecular complexity index is 425. The zero-order valence-electron chi connectivity index (χ0n) is 12.2. The molecule has 1 fully saturated rings. The standard InChI is InChI=1S/C16H24N2O2/c1-18(12-15-4-2-3-11-20-15)16(19)14-7-5-13(6-8-14)9-10-17/h5-8,15H,2-4,9-12,17H2,1H3. The van der Waals surface area contributed by atoms with Gasteiger partial charge in [0, 0.05) is 25.8 Å². The van der Waals surface area contributed by atoms with E-state index in [4.69, 9.17) is 10.5 Å². The minimum atomic E-state index is 0.0541. The summed E-state index contributed by atoms with van der Waals surface area (Å²) in [6.07, 6.45) is 4.42. The summed E-state index contributed by atoms with van der Waals surface area (Å²) in [7, 11) is 1.84. The monoisotopic (exact) mass is 276 g/mol. The van der Waals surface area contributed by atoms with E-state index in [2.05, 4.69) is 0 Å². The summed E-state index contributed by atoms with van der Waals surface area (Å²) in [5.74, 6) is 0.0541. The first kappa shape index (κ1) is 15.0. The Labute approximate surface area is 120 Å². The summed E-state index contributed by atoms with van der Waals surface area (Å²) in [6, 6.07) is 7.72. The maximum absolute atomic E-state index is 12.3. The molecule has 1 amide bonds. The van der Waals surface area contributed by atoms with Gasteiger partial charge in [-0.1, -0.05) is 12.1 Å². The predicted octanol–water partition coefficient (Wildman–Crippen LogP) is 1.83. The molecule has 1 unspecified atom stereocenters. The Balaban J connectivity index is 1.91. The van der Waals surface area contributed by atoms with Crippen molar-refractivity contribution in [3.8, 4) is 0 Å². The van der Waals surface area contributed by atoms with E-state index in [-0.39, 0.29) is 12.0 Å². The molecule has 0 bridgehead atoms. The third kappa shape index (κ3) is 4.05. The van der Waals surface area contributed by atoms with Crippen LogP contribution in [0.5, 0.6) is 0 Å². The Morgan fingerprint density at radius 3 is 2.70 bits per heavy atom. The van der Waals surface area contributed by atoms with Crippen LogP contribution in [0.1, 0.15) is 35.2 Å². The smallest absolute Gasteiger partial charge is 0.253 e. The molecular weight excluding hydrogens is 252 g/mol. The number of hydrogen-bond acceptors (Lipinski definition) is 3. The van der Waals surface area contributed by atoms with E-state index < -0.39 is 0 Å². The first-order valence-electron chi connectivity index (χ1n) is 7.37. The second-order valence-electron chi connectivity index (χ2n) is 5.41. The van der Waals surface area contributed by atoms with Gasteiger partial charge in [-0.25, -0.2) is 0 Å². The van der Waals surface area contributed by atoms with Gasteiger partial charge in [-0.05, 0) is 49.9 Å². The Morgan fingerprint density at radius 2 is 2.10 bits per heavy atom. The third-order valence-electron chi connectivity index (χ3n) is 3.73. The lowest BCUT2D eigenvalue weighted by molar-refractivity contribution is -0.000187. The van der Waals surface area contributed by atoms with Crippen molar-refractivity contribution in [1.82, 2.24) is 4.90 Å². The van der Waals surface area contributed by atoms with Gasteiger partial charge >= 0.3 is 0 Å². The molecule has 0 aromatic heterocycles. The zero-order valence-corrected chi connectivity index (χ0v) is 12.2. The van der Waals surface area contributed by atoms with Gasteiger partial charge in [-0.3, -0.25) is 4.79 Å². The molecule has 0 aliphatic carbocycles. The van der Waals surface area contributed by atoms with Crippen LogP contribution in [-0.2, 0) is 11.2 Å². The number of likely N-dealkylation sites (N-methyl/N-ethyl adjacent to an activating group) is 1. The number of benzene rings is 1. The largest absolute Gasteiger partial charge is 0.376 e. The maximum Gasteiger partial charge on any atom is 0.253 e. The zero-order chi connectivity index (χ0) is 14.4. The molecule has 2 N–H and O–H groups in total. The van der Waals surface area contributed by atoms with E-state index in [0.29, 0.717) is 13.1 Å². The van der Waals surface area contributed by atoms with E-state index in [1.807, 2.05) is 31.3 Å². The van der Waals surface area contributed by atoms with Gasteiger partial charge in [0.2, 0.25) is 0 Å². The molecule has 1 aromatic carbocycles. The van der Waals surface area contributed by atoms with Crippen molar-refractivity contribution in [1.29, 1.82) is 0 Å². The van der Waals surface area contributed by atoms with Crippen LogP contribution in [0.15, 0.2) is 24.3 Å². The van der Waals surface area contributed by atoms with E-state index in [1.165, 1.54) is 12.0 Å². The lowest BCUT2D eigenvalue weighted by Gasteiger charge is -2.27. The van der Waals surface area contributed by atoms with E-state index in [1.54, 1.807) is 4.90 Å². The van der Waals surface area contributed by atoms with Crippen molar-refractivity contribution < 1.29 is 9.53 Å². The Kier molecular flexibility index (Phi) is 5.56. The molecule has 0 radical (unpaired) electrons. The number of rotatable bonds is 5. The van der Waals surface area contributed by atoms with Crippen LogP contribution in [0, 0.1) is 0 Å². The average molecular weight is 276 g/mol. The molecule has 0 spiro atoms. The number of carbonyl (C=O) groups is 1. The third-order valence-corrected chi connectivity index (χ3v) is 3.73. The fourth-order valence-corrected chi connectivity index (χ4v) is 2.54. The molecule has 1 heterocycles. The van der Waals surface area contributed by atoms with Gasteiger partial charge < -0.3 is 15.4 Å². The molecule has 1 aliphatic heterocycles. The highest BCUT2D eigenvalue weighted by Gasteiger charge is 2.19. The first-order valence-corrected chi connectivity index (χ1v) is 7.37. The lowest BCUT2D eigenvalue weighted by Crippen LogP contribution is -2.37. The van der Waals surface area contributed by atoms with Crippen molar-refractivity contribution in [3.05, 3.63) is 35.4 Å². The number of carbonyl (C=O) groups excluding carboxylic acids is 1. The molecular formula is C16H24N2O2. The SMILES string of the molecule is CN(CC1CCCCO1)C(=O)c1ccc(CCN)cc1. The summed E-state index contributed by atoms with van der Waals surface area (Å²) < 4.78 is 5.68. The van der Waals surface area contributed by atoms with Crippen LogP contribution >= 0.6 is 0 Å². The molecule has 110 valence electrons. The maximum atomic E-state index is 12.3. The molecule has 0 saturated carbocycles. The predicted molar refractivity (Wildman–Crippen MR) is 79.8 cm³/mol. The van der Waals surface area contributed by atoms with Crippen LogP contribution in [0.2, 0.25) is 0 Å². The average Bonchev–Trinajstić information content (AvgIpc) is 2.48. The number of amides is 1. The molecule has 1 aliphatic rings. The van der Waals surface area contributed by atoms with E-state index in [9.17, 15) is 4.79 Å². The number of nitrogens with two attached hydrogens (primary N) is 1. The molecule has 4 nitrogen and oxygen atoms in total. The second kappa shape index (κ2) is 7.41. The van der Waals surface area contributed by atoms with Gasteiger partial charge in [-0.15, -0.1) is 0 Å². The highest BCUT2D eigenvalue weighted by molar-refractivity contribution is 5.94. The Morgan fingerprint density at radius 1 is 1.35 bits per heavy atom. The van der Waals surface area contributed by atoms with E-state index in [0.717, 1.165) is 31.4 Å². The Hall–Kier alpha value is -1.39. The number of nitrogens with zero attached hydrogens (tertiary/aromatic N) is 1. The summed E-state index contributed by atoms with van der Waals surface area (Å²) in [5.41, 5.74) is 7.42. The van der Waals surface area contributed by atoms with Crippen LogP contribution in [-0.4, -0.2) is 43.7 Å². The molecule has 4 heteroatoms. The molecule has 2 rings (SSSR count). The quantitative estimate of drug-likeness (QED) is 0.892. The molecule has 1 aromatic rings. The topological polar surface area (TPSA) is 55.6 Å². The van der Waals surface area contributed by atoms with Gasteiger partial charge in [-0.2, -0.15) is 0 Å². The summed E-state index contributed by atoms with van der Waals surface area (Å²) in [4.78, 5) is 14.1. The highest BCUT2D eigenvalue weighted by atomic mass is 16.5. The van der Waals surface area contributed by atoms with Crippen LogP contribution in [0.4, 0.5) is 0 Å². The van der Waals surface area contributed by atoms with Crippen LogP contribution < -0.4 is 5.73 Å². The molecule has 1 atom stereocenters. The van der Waals surface area contributed by atoms with Crippen molar-refractivity contribution in [2.24, 2.45) is 5.73 Å². The highest BCUT2D eigenvalue weighted by Crippen LogP contribution is 2.15. The summed E-state index contributed by atoms with van der Waals surface area (Å²) in [5, 5.41) is 0. The number of ether oxygens (including phenoxy) is 1. The lowest BCUT2D eigenvalue weighted by atomic mass is 10.1. The van der Waals surface area contributed by atoms with Crippen molar-refractivity contribution in [2.75, 3.05) is 26.7 Å². The summed E-state index contributed by atoms with van der Waals surface area (Å²) >= 11 is 0. The fourth-order valence-electron chi connectivity index (χ4n) is 2.54. The van der Waals surface area contributed by atoms with Gasteiger partial charge in [0.05, 0.1) is 6.10 Å². The number of hydrogen-bond donors (Lipinski definition) is 1. The summed E-state index contributed by atoms with van der Waals surface area (Å²) in [6.45, 7) is 2.12. The molecule has 20 heavy (non-hydrogen) atoms. The van der Waals surface area contributed by atoms with Crippen LogP contribution in [0.3, 0.4) is 0 Å². The fraction of sp³-hybridized carbons (Fsp3) is 0.562. The van der Waals surface area contributed by atoms with Gasteiger partial charge in [0.1, 0.15) is 0 Å². The minimum Gasteiger partial charge on any atom is -0.376 e. The second-order valence-corrected chi connectivity index (χ2v) is 5.41. The van der Waals surface area contributed by atoms with Crippen molar-refractivity contribution in [2.45, 2.75) is 31.8 Å². The van der Waals surface area contributed by atoms with Crippen molar-refractivity contribution in [3.63, 3.8) is 0 Å². The van der Waals surface area contributed by atoms with Crippen molar-refractivity contribution >= 4 is 5.91 Å². The molecule has 1 saturated heterocycles. The van der Waals surface area contributed by atoms with Crippen LogP contribution in [0.25, 0.3) is 0 Å². The normalized spacial score (nSPS) is 18.8. The van der Waals surface area contributed by atoms with Gasteiger partial charge in [0.25, 0.3) is 5.91 Å². The minimum absolute atomic E-state index is 0.0541. The first-order chi connectivity index (χ1) is 9.70. The van der Waals surface area contributed by atoms with E-state index >= 15 is 0 Å².